The highest BCUT2D eigenvalue weighted by Crippen LogP contribution is 2.33. The van der Waals surface area contributed by atoms with E-state index in [-0.39, 0.29) is 40.4 Å². The molecule has 0 heterocycles. The van der Waals surface area contributed by atoms with Gasteiger partial charge in [-0.05, 0) is 30.3 Å². The Morgan fingerprint density at radius 2 is 1.52 bits per heavy atom. The number of hydrogen-bond acceptors (Lipinski definition) is 4. The first kappa shape index (κ1) is 21.2. The summed E-state index contributed by atoms with van der Waals surface area (Å²) in [7, 11) is 2.86. The second-order valence-electron chi connectivity index (χ2n) is 5.29. The largest absolute Gasteiger partial charge is 0.496 e. The molecule has 9 heteroatoms. The highest BCUT2D eigenvalue weighted by Gasteiger charge is 2.19. The predicted molar refractivity (Wildman–Crippen MR) is 106 cm³/mol. The molecule has 6 nitrogen and oxygen atoms in total. The summed E-state index contributed by atoms with van der Waals surface area (Å²) in [5, 5.41) is 6.23. The molecule has 27 heavy (non-hydrogen) atoms. The molecule has 0 aliphatic heterocycles. The maximum atomic E-state index is 12.4. The molecule has 0 unspecified atom stereocenters. The second-order valence-corrected chi connectivity index (χ2v) is 6.54. The number of carbonyl (C=O) groups excluding carboxylic acids is 2. The fourth-order valence-electron chi connectivity index (χ4n) is 2.34. The van der Waals surface area contributed by atoms with E-state index >= 15 is 0 Å². The molecule has 0 aliphatic carbocycles. The van der Waals surface area contributed by atoms with Crippen molar-refractivity contribution < 1.29 is 19.1 Å². The Balaban J connectivity index is 1.96. The molecule has 0 saturated carbocycles. The molecule has 0 spiro atoms. The van der Waals surface area contributed by atoms with Gasteiger partial charge >= 0.3 is 0 Å². The Kier molecular flexibility index (Phi) is 7.59. The van der Waals surface area contributed by atoms with E-state index in [2.05, 4.69) is 10.6 Å². The van der Waals surface area contributed by atoms with Crippen molar-refractivity contribution in [1.29, 1.82) is 0 Å². The summed E-state index contributed by atoms with van der Waals surface area (Å²) < 4.78 is 10.3. The lowest BCUT2D eigenvalue weighted by molar-refractivity contribution is 0.0924. The first-order valence-electron chi connectivity index (χ1n) is 7.81. The van der Waals surface area contributed by atoms with Crippen molar-refractivity contribution in [2.75, 3.05) is 27.3 Å². The van der Waals surface area contributed by atoms with Gasteiger partial charge in [0, 0.05) is 18.1 Å². The zero-order valence-corrected chi connectivity index (χ0v) is 16.8. The van der Waals surface area contributed by atoms with Crippen LogP contribution in [-0.4, -0.2) is 39.1 Å². The normalized spacial score (nSPS) is 10.3. The highest BCUT2D eigenvalue weighted by molar-refractivity contribution is 6.37. The number of ether oxygens (including phenoxy) is 2. The fourth-order valence-corrected chi connectivity index (χ4v) is 2.98. The quantitative estimate of drug-likeness (QED) is 0.653. The highest BCUT2D eigenvalue weighted by atomic mass is 35.5. The molecule has 0 aromatic heterocycles. The van der Waals surface area contributed by atoms with E-state index in [1.807, 2.05) is 0 Å². The summed E-state index contributed by atoms with van der Waals surface area (Å²) in [5.41, 5.74) is 0.436. The number of carbonyl (C=O) groups is 2. The van der Waals surface area contributed by atoms with E-state index in [4.69, 9.17) is 44.3 Å². The Bertz CT molecular complexity index is 859. The zero-order chi connectivity index (χ0) is 20.0. The number of amides is 2. The Hall–Kier alpha value is -2.15. The molecule has 0 fully saturated rings. The Morgan fingerprint density at radius 3 is 2.15 bits per heavy atom. The van der Waals surface area contributed by atoms with Gasteiger partial charge in [0.1, 0.15) is 11.3 Å². The van der Waals surface area contributed by atoms with Crippen molar-refractivity contribution in [3.05, 3.63) is 56.5 Å². The van der Waals surface area contributed by atoms with Crippen LogP contribution in [0.2, 0.25) is 15.1 Å². The summed E-state index contributed by atoms with van der Waals surface area (Å²) >= 11 is 18.0. The van der Waals surface area contributed by atoms with Crippen molar-refractivity contribution in [2.24, 2.45) is 0 Å². The molecule has 0 radical (unpaired) electrons. The van der Waals surface area contributed by atoms with Gasteiger partial charge in [-0.2, -0.15) is 0 Å². The van der Waals surface area contributed by atoms with Crippen molar-refractivity contribution in [1.82, 2.24) is 10.6 Å². The molecule has 0 atom stereocenters. The number of methoxy groups -OCH3 is 2. The van der Waals surface area contributed by atoms with E-state index in [9.17, 15) is 9.59 Å². The first-order chi connectivity index (χ1) is 12.9. The smallest absolute Gasteiger partial charge is 0.256 e. The molecule has 0 bridgehead atoms. The van der Waals surface area contributed by atoms with Crippen molar-refractivity contribution >= 4 is 46.6 Å². The second kappa shape index (κ2) is 9.69. The lowest BCUT2D eigenvalue weighted by Crippen LogP contribution is -2.35. The third-order valence-electron chi connectivity index (χ3n) is 3.59. The minimum atomic E-state index is -0.464. The summed E-state index contributed by atoms with van der Waals surface area (Å²) in [4.78, 5) is 24.6. The number of rotatable bonds is 7. The van der Waals surface area contributed by atoms with Crippen LogP contribution < -0.4 is 20.1 Å². The predicted octanol–water partition coefficient (Wildman–Crippen LogP) is 3.82. The van der Waals surface area contributed by atoms with Gasteiger partial charge in [-0.15, -0.1) is 0 Å². The summed E-state index contributed by atoms with van der Waals surface area (Å²) in [6.07, 6.45) is 0. The van der Waals surface area contributed by atoms with Gasteiger partial charge in [0.25, 0.3) is 11.8 Å². The fraction of sp³-hybridized carbons (Fsp3) is 0.222. The van der Waals surface area contributed by atoms with Gasteiger partial charge in [0.15, 0.2) is 5.75 Å². The number of halogens is 3. The molecule has 2 aromatic rings. The van der Waals surface area contributed by atoms with Crippen LogP contribution in [0.15, 0.2) is 30.3 Å². The van der Waals surface area contributed by atoms with Crippen LogP contribution in [0.3, 0.4) is 0 Å². The minimum Gasteiger partial charge on any atom is -0.496 e. The van der Waals surface area contributed by atoms with Crippen LogP contribution in [0, 0.1) is 0 Å². The third-order valence-corrected chi connectivity index (χ3v) is 4.44. The number of hydrogen-bond donors (Lipinski definition) is 2. The van der Waals surface area contributed by atoms with Gasteiger partial charge < -0.3 is 20.1 Å². The summed E-state index contributed by atoms with van der Waals surface area (Å²) in [5.74, 6) is -0.248. The minimum absolute atomic E-state index is 0.134. The zero-order valence-electron chi connectivity index (χ0n) is 14.6. The maximum absolute atomic E-state index is 12.4. The maximum Gasteiger partial charge on any atom is 0.256 e. The molecule has 2 N–H and O–H groups in total. The molecule has 0 saturated heterocycles. The average molecular weight is 432 g/mol. The van der Waals surface area contributed by atoms with Gasteiger partial charge in [-0.1, -0.05) is 34.8 Å². The van der Waals surface area contributed by atoms with Crippen molar-refractivity contribution in [2.45, 2.75) is 0 Å². The standard InChI is InChI=1S/C18H17Cl3N2O4/c1-26-14-6-3-10(19)9-11(14)17(24)22-7-8-23-18(25)15-12(20)4-5-13(21)16(15)27-2/h3-6,9H,7-8H2,1-2H3,(H,22,24)(H,23,25). The third kappa shape index (κ3) is 5.19. The van der Waals surface area contributed by atoms with Gasteiger partial charge in [-0.3, -0.25) is 9.59 Å². The average Bonchev–Trinajstić information content (AvgIpc) is 2.66. The van der Waals surface area contributed by atoms with E-state index in [1.165, 1.54) is 32.4 Å². The molecular formula is C18H17Cl3N2O4. The monoisotopic (exact) mass is 430 g/mol. The van der Waals surface area contributed by atoms with E-state index in [0.717, 1.165) is 0 Å². The van der Waals surface area contributed by atoms with Crippen molar-refractivity contribution in [3.8, 4) is 11.5 Å². The van der Waals surface area contributed by atoms with Gasteiger partial charge in [0.2, 0.25) is 0 Å². The van der Waals surface area contributed by atoms with Crippen LogP contribution in [0.4, 0.5) is 0 Å². The van der Waals surface area contributed by atoms with Crippen LogP contribution in [0.25, 0.3) is 0 Å². The molecule has 2 amide bonds. The van der Waals surface area contributed by atoms with E-state index < -0.39 is 5.91 Å². The lowest BCUT2D eigenvalue weighted by Gasteiger charge is -2.13. The molecule has 144 valence electrons. The van der Waals surface area contributed by atoms with E-state index in [0.29, 0.717) is 16.3 Å². The topological polar surface area (TPSA) is 76.7 Å². The van der Waals surface area contributed by atoms with E-state index in [1.54, 1.807) is 12.1 Å². The van der Waals surface area contributed by atoms with Gasteiger partial charge in [-0.25, -0.2) is 0 Å². The summed E-state index contributed by atoms with van der Waals surface area (Å²) in [6.45, 7) is 0.347. The Morgan fingerprint density at radius 1 is 0.889 bits per heavy atom. The molecular weight excluding hydrogens is 415 g/mol. The van der Waals surface area contributed by atoms with Crippen molar-refractivity contribution in [3.63, 3.8) is 0 Å². The SMILES string of the molecule is COc1ccc(Cl)cc1C(=O)NCCNC(=O)c1c(Cl)ccc(Cl)c1OC. The summed E-state index contributed by atoms with van der Waals surface area (Å²) in [6, 6.07) is 7.78. The molecule has 2 rings (SSSR count). The van der Waals surface area contributed by atoms with Gasteiger partial charge in [0.05, 0.1) is 29.8 Å². The Labute approximate surface area is 171 Å². The first-order valence-corrected chi connectivity index (χ1v) is 8.94. The van der Waals surface area contributed by atoms with Crippen LogP contribution in [-0.2, 0) is 0 Å². The number of nitrogens with one attached hydrogen (secondary N) is 2. The van der Waals surface area contributed by atoms with Crippen LogP contribution in [0.5, 0.6) is 11.5 Å². The lowest BCUT2D eigenvalue weighted by atomic mass is 10.2. The molecule has 0 aliphatic rings. The number of benzene rings is 2. The van der Waals surface area contributed by atoms with Crippen LogP contribution >= 0.6 is 34.8 Å². The van der Waals surface area contributed by atoms with Crippen LogP contribution in [0.1, 0.15) is 20.7 Å². The molecule has 2 aromatic carbocycles.